The molecule has 0 saturated heterocycles. The number of aromatic nitrogens is 1. The van der Waals surface area contributed by atoms with E-state index in [1.54, 1.807) is 0 Å². The van der Waals surface area contributed by atoms with Crippen molar-refractivity contribution >= 4 is 16.6 Å². The summed E-state index contributed by atoms with van der Waals surface area (Å²) in [6, 6.07) is 8.43. The molecule has 0 fully saturated rings. The van der Waals surface area contributed by atoms with Crippen molar-refractivity contribution in [3.8, 4) is 0 Å². The predicted molar refractivity (Wildman–Crippen MR) is 79.4 cm³/mol. The summed E-state index contributed by atoms with van der Waals surface area (Å²) in [5.41, 5.74) is 5.09. The zero-order chi connectivity index (χ0) is 12.9. The van der Waals surface area contributed by atoms with Crippen LogP contribution in [0.15, 0.2) is 60.5 Å². The van der Waals surface area contributed by atoms with Crippen LogP contribution in [0.1, 0.15) is 18.9 Å². The van der Waals surface area contributed by atoms with Gasteiger partial charge in [0.05, 0.1) is 0 Å². The molecule has 4 rings (SSSR count). The van der Waals surface area contributed by atoms with E-state index in [-0.39, 0.29) is 5.41 Å². The molecule has 2 N–H and O–H groups in total. The number of nitrogens with one attached hydrogen (secondary N) is 2. The Kier molecular flexibility index (Phi) is 2.05. The number of rotatable bonds is 1. The van der Waals surface area contributed by atoms with E-state index in [0.717, 1.165) is 6.42 Å². The first kappa shape index (κ1) is 10.7. The van der Waals surface area contributed by atoms with Gasteiger partial charge in [-0.05, 0) is 24.6 Å². The van der Waals surface area contributed by atoms with Crippen LogP contribution in [0, 0.1) is 5.41 Å². The van der Waals surface area contributed by atoms with Gasteiger partial charge in [-0.15, -0.1) is 0 Å². The molecule has 1 aliphatic heterocycles. The third-order valence-electron chi connectivity index (χ3n) is 4.17. The molecule has 0 bridgehead atoms. The van der Waals surface area contributed by atoms with Crippen molar-refractivity contribution < 1.29 is 0 Å². The summed E-state index contributed by atoms with van der Waals surface area (Å²) in [6.45, 7) is 2.29. The second-order valence-corrected chi connectivity index (χ2v) is 5.56. The molecular formula is C17H16N2. The van der Waals surface area contributed by atoms with Crippen LogP contribution in [-0.4, -0.2) is 4.98 Å². The van der Waals surface area contributed by atoms with Gasteiger partial charge in [0.25, 0.3) is 0 Å². The first-order valence-electron chi connectivity index (χ1n) is 6.70. The number of hydrogen-bond donors (Lipinski definition) is 2. The van der Waals surface area contributed by atoms with Crippen molar-refractivity contribution in [2.45, 2.75) is 13.3 Å². The maximum atomic E-state index is 3.58. The normalized spacial score (nSPS) is 24.9. The van der Waals surface area contributed by atoms with Gasteiger partial charge in [-0.3, -0.25) is 0 Å². The summed E-state index contributed by atoms with van der Waals surface area (Å²) in [4.78, 5) is 3.34. The molecule has 0 saturated carbocycles. The molecule has 2 heteroatoms. The second kappa shape index (κ2) is 3.64. The van der Waals surface area contributed by atoms with E-state index in [0.29, 0.717) is 0 Å². The highest BCUT2D eigenvalue weighted by atomic mass is 15.0. The molecule has 1 aromatic heterocycles. The minimum atomic E-state index is 0.127. The van der Waals surface area contributed by atoms with Crippen LogP contribution in [0.3, 0.4) is 0 Å². The fourth-order valence-electron chi connectivity index (χ4n) is 3.04. The molecule has 19 heavy (non-hydrogen) atoms. The molecule has 0 spiro atoms. The van der Waals surface area contributed by atoms with Crippen molar-refractivity contribution in [3.63, 3.8) is 0 Å². The molecule has 0 amide bonds. The number of benzene rings is 1. The van der Waals surface area contributed by atoms with E-state index in [4.69, 9.17) is 0 Å². The lowest BCUT2D eigenvalue weighted by atomic mass is 9.82. The molecule has 2 aromatic rings. The van der Waals surface area contributed by atoms with Gasteiger partial charge in [0.2, 0.25) is 0 Å². The van der Waals surface area contributed by atoms with Gasteiger partial charge in [-0.1, -0.05) is 37.3 Å². The highest BCUT2D eigenvalue weighted by molar-refractivity contribution is 5.93. The largest absolute Gasteiger partial charge is 0.360 e. The average Bonchev–Trinajstić information content (AvgIpc) is 2.98. The Bertz CT molecular complexity index is 745. The van der Waals surface area contributed by atoms with Gasteiger partial charge in [0.1, 0.15) is 0 Å². The van der Waals surface area contributed by atoms with Crippen LogP contribution in [-0.2, 0) is 0 Å². The molecule has 0 radical (unpaired) electrons. The van der Waals surface area contributed by atoms with Gasteiger partial charge < -0.3 is 10.3 Å². The predicted octanol–water partition coefficient (Wildman–Crippen LogP) is 3.96. The van der Waals surface area contributed by atoms with Crippen molar-refractivity contribution in [2.24, 2.45) is 5.41 Å². The fraction of sp³-hybridized carbons (Fsp3) is 0.176. The second-order valence-electron chi connectivity index (χ2n) is 5.56. The number of H-pyrrole nitrogens is 1. The third-order valence-corrected chi connectivity index (χ3v) is 4.17. The Hall–Kier alpha value is -2.22. The minimum absolute atomic E-state index is 0.127. The fourth-order valence-corrected chi connectivity index (χ4v) is 3.04. The van der Waals surface area contributed by atoms with Crippen molar-refractivity contribution in [2.75, 3.05) is 0 Å². The number of para-hydroxylation sites is 1. The average molecular weight is 248 g/mol. The Morgan fingerprint density at radius 2 is 2.11 bits per heavy atom. The summed E-state index contributed by atoms with van der Waals surface area (Å²) in [6.07, 6.45) is 12.1. The highest BCUT2D eigenvalue weighted by Crippen LogP contribution is 2.43. The molecule has 1 atom stereocenters. The minimum Gasteiger partial charge on any atom is -0.360 e. The van der Waals surface area contributed by atoms with Crippen LogP contribution < -0.4 is 5.32 Å². The number of hydrogen-bond acceptors (Lipinski definition) is 1. The number of aromatic amines is 1. The molecule has 2 nitrogen and oxygen atoms in total. The lowest BCUT2D eigenvalue weighted by Gasteiger charge is -2.24. The Balaban J connectivity index is 1.85. The maximum Gasteiger partial charge on any atom is 0.0460 e. The Labute approximate surface area is 112 Å². The van der Waals surface area contributed by atoms with Gasteiger partial charge in [-0.2, -0.15) is 0 Å². The molecule has 2 aliphatic rings. The van der Waals surface area contributed by atoms with Gasteiger partial charge in [0, 0.05) is 39.5 Å². The lowest BCUT2D eigenvalue weighted by Crippen LogP contribution is -2.19. The summed E-state index contributed by atoms with van der Waals surface area (Å²) in [5, 5.41) is 4.85. The number of allylic oxidation sites excluding steroid dienone is 4. The summed E-state index contributed by atoms with van der Waals surface area (Å²) < 4.78 is 0. The summed E-state index contributed by atoms with van der Waals surface area (Å²) in [5.74, 6) is 0. The summed E-state index contributed by atoms with van der Waals surface area (Å²) in [7, 11) is 0. The van der Waals surface area contributed by atoms with Gasteiger partial charge >= 0.3 is 0 Å². The first-order chi connectivity index (χ1) is 9.26. The van der Waals surface area contributed by atoms with Crippen LogP contribution in [0.2, 0.25) is 0 Å². The van der Waals surface area contributed by atoms with Crippen molar-refractivity contribution in [1.82, 2.24) is 10.3 Å². The first-order valence-corrected chi connectivity index (χ1v) is 6.70. The van der Waals surface area contributed by atoms with E-state index in [2.05, 4.69) is 72.0 Å². The van der Waals surface area contributed by atoms with Crippen molar-refractivity contribution in [3.05, 3.63) is 66.0 Å². The van der Waals surface area contributed by atoms with Crippen molar-refractivity contribution in [1.29, 1.82) is 0 Å². The zero-order valence-corrected chi connectivity index (χ0v) is 10.9. The lowest BCUT2D eigenvalue weighted by molar-refractivity contribution is 0.517. The molecule has 1 aliphatic carbocycles. The Morgan fingerprint density at radius 1 is 1.21 bits per heavy atom. The standard InChI is InChI=1S/C17H16N2/c1-17-9-5-4-8-16(17)19-15(10-17)13-11-18-14-7-3-2-6-12(13)14/h2-8,10-11,18-19H,9H2,1H3. The van der Waals surface area contributed by atoms with Crippen LogP contribution in [0.25, 0.3) is 16.6 Å². The Morgan fingerprint density at radius 3 is 3.00 bits per heavy atom. The van der Waals surface area contributed by atoms with Crippen LogP contribution >= 0.6 is 0 Å². The molecule has 1 unspecified atom stereocenters. The molecule has 2 heterocycles. The highest BCUT2D eigenvalue weighted by Gasteiger charge is 2.34. The topological polar surface area (TPSA) is 27.8 Å². The summed E-state index contributed by atoms with van der Waals surface area (Å²) >= 11 is 0. The zero-order valence-electron chi connectivity index (χ0n) is 10.9. The molecule has 1 aromatic carbocycles. The van der Waals surface area contributed by atoms with E-state index >= 15 is 0 Å². The van der Waals surface area contributed by atoms with Crippen LogP contribution in [0.5, 0.6) is 0 Å². The number of fused-ring (bicyclic) bond motifs is 2. The van der Waals surface area contributed by atoms with Gasteiger partial charge in [0.15, 0.2) is 0 Å². The quantitative estimate of drug-likeness (QED) is 0.785. The maximum absolute atomic E-state index is 3.58. The van der Waals surface area contributed by atoms with E-state index in [1.165, 1.54) is 27.9 Å². The smallest absolute Gasteiger partial charge is 0.0460 e. The van der Waals surface area contributed by atoms with E-state index < -0.39 is 0 Å². The SMILES string of the molecule is CC12C=C(c3c[nH]c4ccccc34)NC1=CC=CC2. The molecule has 94 valence electrons. The third kappa shape index (κ3) is 1.49. The van der Waals surface area contributed by atoms with E-state index in [9.17, 15) is 0 Å². The van der Waals surface area contributed by atoms with Gasteiger partial charge in [-0.25, -0.2) is 0 Å². The van der Waals surface area contributed by atoms with E-state index in [1.807, 2.05) is 0 Å². The van der Waals surface area contributed by atoms with Crippen LogP contribution in [0.4, 0.5) is 0 Å². The molecular weight excluding hydrogens is 232 g/mol. The monoisotopic (exact) mass is 248 g/mol.